The molecule has 2 aromatic rings. The predicted octanol–water partition coefficient (Wildman–Crippen LogP) is 2.98. The summed E-state index contributed by atoms with van der Waals surface area (Å²) in [6, 6.07) is 6.27. The Morgan fingerprint density at radius 3 is 2.95 bits per heavy atom. The standard InChI is InChI=1S/C12H13BrN4OS/c1-7(18)10-5-2-8(13)6-11(10)19-12-14-15-16-17(12)9-3-4-9/h2,5-7,9,18H,3-4H2,1H3. The maximum absolute atomic E-state index is 9.83. The minimum absolute atomic E-state index is 0.444. The molecule has 1 aromatic heterocycles. The number of nitrogens with zero attached hydrogens (tertiary/aromatic N) is 4. The molecule has 0 amide bonds. The number of aliphatic hydroxyl groups is 1. The van der Waals surface area contributed by atoms with Crippen LogP contribution in [-0.2, 0) is 0 Å². The molecule has 0 aliphatic heterocycles. The van der Waals surface area contributed by atoms with Gasteiger partial charge in [-0.2, -0.15) is 0 Å². The van der Waals surface area contributed by atoms with Gasteiger partial charge < -0.3 is 5.11 Å². The zero-order chi connectivity index (χ0) is 13.4. The summed E-state index contributed by atoms with van der Waals surface area (Å²) >= 11 is 4.95. The van der Waals surface area contributed by atoms with Gasteiger partial charge in [0.2, 0.25) is 5.16 Å². The summed E-state index contributed by atoms with van der Waals surface area (Å²) in [5, 5.41) is 22.5. The molecule has 5 nitrogen and oxygen atoms in total. The molecule has 0 bridgehead atoms. The third-order valence-electron chi connectivity index (χ3n) is 2.98. The van der Waals surface area contributed by atoms with Crippen LogP contribution in [0.1, 0.15) is 37.5 Å². The van der Waals surface area contributed by atoms with Gasteiger partial charge in [0.15, 0.2) is 0 Å². The lowest BCUT2D eigenvalue weighted by atomic mass is 10.1. The summed E-state index contributed by atoms with van der Waals surface area (Å²) in [5.74, 6) is 0. The van der Waals surface area contributed by atoms with E-state index in [2.05, 4.69) is 31.5 Å². The van der Waals surface area contributed by atoms with Crippen molar-refractivity contribution in [3.63, 3.8) is 0 Å². The van der Waals surface area contributed by atoms with Crippen LogP contribution in [0.4, 0.5) is 0 Å². The van der Waals surface area contributed by atoms with E-state index in [0.717, 1.165) is 32.9 Å². The van der Waals surface area contributed by atoms with Gasteiger partial charge in [0.25, 0.3) is 0 Å². The number of aliphatic hydroxyl groups excluding tert-OH is 1. The van der Waals surface area contributed by atoms with Crippen LogP contribution in [0.5, 0.6) is 0 Å². The van der Waals surface area contributed by atoms with E-state index in [1.54, 1.807) is 6.92 Å². The minimum Gasteiger partial charge on any atom is -0.389 e. The fourth-order valence-corrected chi connectivity index (χ4v) is 3.45. The van der Waals surface area contributed by atoms with Crippen molar-refractivity contribution in [3.05, 3.63) is 28.2 Å². The molecule has 1 aliphatic carbocycles. The lowest BCUT2D eigenvalue weighted by Gasteiger charge is -2.11. The Hall–Kier alpha value is -0.920. The fourth-order valence-electron chi connectivity index (χ4n) is 1.84. The second-order valence-electron chi connectivity index (χ2n) is 4.60. The Bertz CT molecular complexity index is 597. The molecule has 0 radical (unpaired) electrons. The molecule has 19 heavy (non-hydrogen) atoms. The first kappa shape index (κ1) is 13.1. The third kappa shape index (κ3) is 2.82. The van der Waals surface area contributed by atoms with Gasteiger partial charge in [-0.25, -0.2) is 4.68 Å². The van der Waals surface area contributed by atoms with Crippen molar-refractivity contribution in [1.29, 1.82) is 0 Å². The number of hydrogen-bond acceptors (Lipinski definition) is 5. The topological polar surface area (TPSA) is 63.8 Å². The minimum atomic E-state index is -0.513. The SMILES string of the molecule is CC(O)c1ccc(Br)cc1Sc1nnnn1C1CC1. The summed E-state index contributed by atoms with van der Waals surface area (Å²) in [6.45, 7) is 1.76. The van der Waals surface area contributed by atoms with E-state index in [-0.39, 0.29) is 0 Å². The van der Waals surface area contributed by atoms with Crippen LogP contribution < -0.4 is 0 Å². The second kappa shape index (κ2) is 5.22. The quantitative estimate of drug-likeness (QED) is 0.926. The van der Waals surface area contributed by atoms with Crippen molar-refractivity contribution in [2.24, 2.45) is 0 Å². The molecule has 0 saturated heterocycles. The lowest BCUT2D eigenvalue weighted by molar-refractivity contribution is 0.196. The molecule has 1 unspecified atom stereocenters. The van der Waals surface area contributed by atoms with Gasteiger partial charge in [-0.15, -0.1) is 5.10 Å². The molecule has 1 aliphatic rings. The normalized spacial score (nSPS) is 16.6. The first-order valence-electron chi connectivity index (χ1n) is 6.08. The van der Waals surface area contributed by atoms with E-state index < -0.39 is 6.10 Å². The van der Waals surface area contributed by atoms with Gasteiger partial charge in [-0.1, -0.05) is 22.0 Å². The monoisotopic (exact) mass is 340 g/mol. The zero-order valence-corrected chi connectivity index (χ0v) is 12.7. The van der Waals surface area contributed by atoms with E-state index in [9.17, 15) is 5.11 Å². The average molecular weight is 341 g/mol. The van der Waals surface area contributed by atoms with E-state index >= 15 is 0 Å². The Morgan fingerprint density at radius 1 is 1.47 bits per heavy atom. The molecule has 1 heterocycles. The van der Waals surface area contributed by atoms with Gasteiger partial charge in [-0.3, -0.25) is 0 Å². The van der Waals surface area contributed by atoms with E-state index in [0.29, 0.717) is 6.04 Å². The van der Waals surface area contributed by atoms with E-state index in [1.165, 1.54) is 11.8 Å². The number of halogens is 1. The highest BCUT2D eigenvalue weighted by molar-refractivity contribution is 9.10. The molecule has 0 spiro atoms. The largest absolute Gasteiger partial charge is 0.389 e. The van der Waals surface area contributed by atoms with Crippen LogP contribution in [0.25, 0.3) is 0 Å². The Balaban J connectivity index is 1.93. The van der Waals surface area contributed by atoms with Crippen molar-refractivity contribution in [1.82, 2.24) is 20.2 Å². The van der Waals surface area contributed by atoms with Crippen molar-refractivity contribution >= 4 is 27.7 Å². The van der Waals surface area contributed by atoms with Gasteiger partial charge in [0.1, 0.15) is 0 Å². The predicted molar refractivity (Wildman–Crippen MR) is 75.0 cm³/mol. The highest BCUT2D eigenvalue weighted by Gasteiger charge is 2.28. The molecule has 1 aromatic carbocycles. The summed E-state index contributed by atoms with van der Waals surface area (Å²) < 4.78 is 2.85. The summed E-state index contributed by atoms with van der Waals surface area (Å²) in [6.07, 6.45) is 1.77. The first-order chi connectivity index (χ1) is 9.15. The zero-order valence-electron chi connectivity index (χ0n) is 10.3. The summed E-state index contributed by atoms with van der Waals surface area (Å²) in [7, 11) is 0. The molecule has 3 rings (SSSR count). The third-order valence-corrected chi connectivity index (χ3v) is 4.50. The molecule has 7 heteroatoms. The van der Waals surface area contributed by atoms with Gasteiger partial charge >= 0.3 is 0 Å². The van der Waals surface area contributed by atoms with Crippen LogP contribution in [0, 0.1) is 0 Å². The van der Waals surface area contributed by atoms with Crippen molar-refractivity contribution < 1.29 is 5.11 Å². The smallest absolute Gasteiger partial charge is 0.214 e. The van der Waals surface area contributed by atoms with Gasteiger partial charge in [-0.05, 0) is 59.7 Å². The molecule has 1 fully saturated rings. The molecule has 1 saturated carbocycles. The van der Waals surface area contributed by atoms with E-state index in [1.807, 2.05) is 22.9 Å². The van der Waals surface area contributed by atoms with Gasteiger partial charge in [0.05, 0.1) is 12.1 Å². The highest BCUT2D eigenvalue weighted by Crippen LogP contribution is 2.39. The maximum Gasteiger partial charge on any atom is 0.214 e. The molecular formula is C12H13BrN4OS. The van der Waals surface area contributed by atoms with Crippen molar-refractivity contribution in [3.8, 4) is 0 Å². The molecule has 1 N–H and O–H groups in total. The van der Waals surface area contributed by atoms with Crippen LogP contribution >= 0.6 is 27.7 Å². The van der Waals surface area contributed by atoms with Crippen LogP contribution in [-0.4, -0.2) is 25.3 Å². The van der Waals surface area contributed by atoms with Crippen LogP contribution in [0.3, 0.4) is 0 Å². The summed E-state index contributed by atoms with van der Waals surface area (Å²) in [5.41, 5.74) is 0.888. The number of aromatic nitrogens is 4. The molecule has 100 valence electrons. The fraction of sp³-hybridized carbons (Fsp3) is 0.417. The number of benzene rings is 1. The number of tetrazole rings is 1. The Morgan fingerprint density at radius 2 is 2.26 bits per heavy atom. The highest BCUT2D eigenvalue weighted by atomic mass is 79.9. The Kier molecular flexibility index (Phi) is 3.60. The van der Waals surface area contributed by atoms with Crippen LogP contribution in [0.2, 0.25) is 0 Å². The first-order valence-corrected chi connectivity index (χ1v) is 7.69. The lowest BCUT2D eigenvalue weighted by Crippen LogP contribution is -2.00. The second-order valence-corrected chi connectivity index (χ2v) is 6.52. The summed E-state index contributed by atoms with van der Waals surface area (Å²) in [4.78, 5) is 0.973. The van der Waals surface area contributed by atoms with Crippen molar-refractivity contribution in [2.45, 2.75) is 42.0 Å². The van der Waals surface area contributed by atoms with E-state index in [4.69, 9.17) is 0 Å². The van der Waals surface area contributed by atoms with Crippen LogP contribution in [0.15, 0.2) is 32.7 Å². The Labute approximate surface area is 123 Å². The maximum atomic E-state index is 9.83. The van der Waals surface area contributed by atoms with Gasteiger partial charge in [0, 0.05) is 9.37 Å². The number of hydrogen-bond donors (Lipinski definition) is 1. The average Bonchev–Trinajstić information content (AvgIpc) is 3.10. The van der Waals surface area contributed by atoms with Crippen molar-refractivity contribution in [2.75, 3.05) is 0 Å². The molecular weight excluding hydrogens is 328 g/mol. The number of rotatable bonds is 4. The molecule has 1 atom stereocenters.